The van der Waals surface area contributed by atoms with E-state index in [1.165, 1.54) is 0 Å². The molecular weight excluding hydrogens is 531 g/mol. The van der Waals surface area contributed by atoms with E-state index in [1.807, 2.05) is 17.0 Å². The number of carbonyl (C=O) groups excluding carboxylic acids is 1. The lowest BCUT2D eigenvalue weighted by Crippen LogP contribution is -2.48. The molecule has 5 rings (SSSR count). The molecule has 0 radical (unpaired) electrons. The number of carbonyl (C=O) groups is 2. The number of fused-ring (bicyclic) bond motifs is 1. The quantitative estimate of drug-likeness (QED) is 0.415. The largest absolute Gasteiger partial charge is 0.490 e. The first kappa shape index (κ1) is 28.8. The van der Waals surface area contributed by atoms with E-state index in [-0.39, 0.29) is 11.5 Å². The van der Waals surface area contributed by atoms with Gasteiger partial charge >= 0.3 is 12.1 Å². The Hall–Kier alpha value is -4.20. The normalized spacial score (nSPS) is 15.7. The molecule has 2 aliphatic rings. The van der Waals surface area contributed by atoms with Crippen LogP contribution in [-0.4, -0.2) is 81.9 Å². The number of halogens is 3. The first-order valence-corrected chi connectivity index (χ1v) is 12.8. The molecule has 4 heterocycles. The van der Waals surface area contributed by atoms with Crippen LogP contribution < -0.4 is 21.1 Å². The number of carboxylic acid groups (broad SMARTS) is 1. The summed E-state index contributed by atoms with van der Waals surface area (Å²) in [7, 11) is 0. The van der Waals surface area contributed by atoms with E-state index in [4.69, 9.17) is 9.90 Å². The number of alkyl halides is 3. The van der Waals surface area contributed by atoms with E-state index in [1.54, 1.807) is 29.8 Å². The van der Waals surface area contributed by atoms with Crippen molar-refractivity contribution < 1.29 is 27.9 Å². The molecule has 11 nitrogen and oxygen atoms in total. The number of piperazine rings is 1. The molecule has 2 fully saturated rings. The third-order valence-corrected chi connectivity index (χ3v) is 6.81. The number of amides is 1. The van der Waals surface area contributed by atoms with Gasteiger partial charge in [-0.25, -0.2) is 9.78 Å². The average molecular weight is 562 g/mol. The summed E-state index contributed by atoms with van der Waals surface area (Å²) in [4.78, 5) is 46.2. The van der Waals surface area contributed by atoms with Gasteiger partial charge in [0.15, 0.2) is 0 Å². The van der Waals surface area contributed by atoms with Crippen molar-refractivity contribution in [2.24, 2.45) is 5.92 Å². The van der Waals surface area contributed by atoms with Crippen molar-refractivity contribution in [3.63, 3.8) is 0 Å². The number of aromatic nitrogens is 3. The number of hydrogen-bond acceptors (Lipinski definition) is 8. The van der Waals surface area contributed by atoms with Gasteiger partial charge in [-0.2, -0.15) is 18.2 Å². The fraction of sp³-hybridized carbons (Fsp3) is 0.423. The molecule has 1 aromatic carbocycles. The van der Waals surface area contributed by atoms with Crippen LogP contribution >= 0.6 is 0 Å². The monoisotopic (exact) mass is 561 g/mol. The molecule has 1 amide bonds. The summed E-state index contributed by atoms with van der Waals surface area (Å²) >= 11 is 0. The molecule has 214 valence electrons. The van der Waals surface area contributed by atoms with Crippen molar-refractivity contribution in [3.05, 3.63) is 52.9 Å². The maximum atomic E-state index is 12.5. The molecule has 0 saturated carbocycles. The van der Waals surface area contributed by atoms with Gasteiger partial charge in [-0.15, -0.1) is 0 Å². The number of nitrogens with zero attached hydrogens (tertiary/aromatic N) is 5. The fourth-order valence-corrected chi connectivity index (χ4v) is 4.38. The summed E-state index contributed by atoms with van der Waals surface area (Å²) in [6, 6.07) is 11.5. The van der Waals surface area contributed by atoms with E-state index in [0.29, 0.717) is 24.1 Å². The Bertz CT molecular complexity index is 1400. The lowest BCUT2D eigenvalue weighted by Gasteiger charge is -2.35. The van der Waals surface area contributed by atoms with Crippen molar-refractivity contribution in [2.45, 2.75) is 26.1 Å². The van der Waals surface area contributed by atoms with E-state index in [0.717, 1.165) is 62.5 Å². The second kappa shape index (κ2) is 12.3. The summed E-state index contributed by atoms with van der Waals surface area (Å²) in [6.45, 7) is 7.47. The second-order valence-corrected chi connectivity index (χ2v) is 9.58. The summed E-state index contributed by atoms with van der Waals surface area (Å²) in [6.07, 6.45) is -2.37. The molecule has 40 heavy (non-hydrogen) atoms. The van der Waals surface area contributed by atoms with Gasteiger partial charge in [-0.05, 0) is 55.8 Å². The molecule has 2 saturated heterocycles. The number of aliphatic carboxylic acids is 1. The molecular formula is C26H30F3N7O4. The Morgan fingerprint density at radius 3 is 2.27 bits per heavy atom. The van der Waals surface area contributed by atoms with Gasteiger partial charge in [0.2, 0.25) is 11.9 Å². The molecule has 0 unspecified atom stereocenters. The average Bonchev–Trinajstić information content (AvgIpc) is 2.89. The number of anilines is 3. The third-order valence-electron chi connectivity index (χ3n) is 6.81. The molecule has 2 aliphatic heterocycles. The molecule has 3 N–H and O–H groups in total. The number of pyridine rings is 1. The number of carboxylic acids is 1. The van der Waals surface area contributed by atoms with Crippen LogP contribution in [0.5, 0.6) is 0 Å². The molecule has 2 aromatic heterocycles. The number of benzene rings is 1. The third kappa shape index (κ3) is 7.25. The van der Waals surface area contributed by atoms with Crippen LogP contribution in [0, 0.1) is 5.92 Å². The SMILES string of the molecule is CC(=O)N1CCN(c2ccc(Nc3ncc4ccc(=O)n(CCC5CNC5)c4n3)cc2)CC1.O=C(O)C(F)(F)F. The topological polar surface area (TPSA) is 133 Å². The highest BCUT2D eigenvalue weighted by molar-refractivity contribution is 5.76. The van der Waals surface area contributed by atoms with Crippen molar-refractivity contribution in [1.29, 1.82) is 0 Å². The zero-order chi connectivity index (χ0) is 28.9. The second-order valence-electron chi connectivity index (χ2n) is 9.58. The number of aryl methyl sites for hydroxylation is 1. The smallest absolute Gasteiger partial charge is 0.475 e. The van der Waals surface area contributed by atoms with E-state index in [9.17, 15) is 22.8 Å². The Labute approximate surface area is 227 Å². The summed E-state index contributed by atoms with van der Waals surface area (Å²) in [5, 5.41) is 14.5. The van der Waals surface area contributed by atoms with Gasteiger partial charge in [0.25, 0.3) is 5.56 Å². The standard InChI is InChI=1S/C24H29N7O2.C2HF3O2/c1-17(32)29-10-12-30(13-11-29)21-5-3-20(4-6-21)27-24-26-16-19-2-7-22(33)31(23(19)28-24)9-8-18-14-25-15-18;3-2(4,5)1(6)7/h2-7,16,18,25H,8-15H2,1H3,(H,26,27,28);(H,6,7). The summed E-state index contributed by atoms with van der Waals surface area (Å²) < 4.78 is 33.5. The highest BCUT2D eigenvalue weighted by Gasteiger charge is 2.38. The predicted molar refractivity (Wildman–Crippen MR) is 143 cm³/mol. The van der Waals surface area contributed by atoms with Crippen molar-refractivity contribution in [2.75, 3.05) is 49.5 Å². The van der Waals surface area contributed by atoms with E-state index >= 15 is 0 Å². The van der Waals surface area contributed by atoms with E-state index < -0.39 is 12.1 Å². The minimum atomic E-state index is -5.08. The van der Waals surface area contributed by atoms with Crippen LogP contribution in [-0.2, 0) is 16.1 Å². The lowest BCUT2D eigenvalue weighted by atomic mass is 9.99. The molecule has 0 spiro atoms. The Balaban J connectivity index is 0.000000470. The van der Waals surface area contributed by atoms with Gasteiger partial charge in [0, 0.05) is 68.7 Å². The van der Waals surface area contributed by atoms with E-state index in [2.05, 4.69) is 37.6 Å². The van der Waals surface area contributed by atoms with Crippen LogP contribution in [0.15, 0.2) is 47.4 Å². The molecule has 0 atom stereocenters. The summed E-state index contributed by atoms with van der Waals surface area (Å²) in [5.41, 5.74) is 2.63. The maximum absolute atomic E-state index is 12.5. The van der Waals surface area contributed by atoms with Crippen LogP contribution in [0.1, 0.15) is 13.3 Å². The van der Waals surface area contributed by atoms with Gasteiger partial charge in [-0.3, -0.25) is 14.2 Å². The lowest BCUT2D eigenvalue weighted by molar-refractivity contribution is -0.192. The maximum Gasteiger partial charge on any atom is 0.490 e. The summed E-state index contributed by atoms with van der Waals surface area (Å²) in [5.74, 6) is -1.53. The first-order valence-electron chi connectivity index (χ1n) is 12.8. The minimum absolute atomic E-state index is 0.0337. The number of rotatable bonds is 6. The van der Waals surface area contributed by atoms with Gasteiger partial charge in [-0.1, -0.05) is 0 Å². The van der Waals surface area contributed by atoms with Gasteiger partial charge < -0.3 is 25.5 Å². The number of hydrogen-bond donors (Lipinski definition) is 3. The van der Waals surface area contributed by atoms with Crippen LogP contribution in [0.25, 0.3) is 11.0 Å². The van der Waals surface area contributed by atoms with Gasteiger partial charge in [0.1, 0.15) is 5.65 Å². The molecule has 0 bridgehead atoms. The first-order chi connectivity index (χ1) is 19.0. The molecule has 3 aromatic rings. The van der Waals surface area contributed by atoms with Crippen LogP contribution in [0.4, 0.5) is 30.5 Å². The van der Waals surface area contributed by atoms with Crippen molar-refractivity contribution >= 4 is 40.2 Å². The van der Waals surface area contributed by atoms with Crippen LogP contribution in [0.3, 0.4) is 0 Å². The molecule has 0 aliphatic carbocycles. The molecule has 14 heteroatoms. The van der Waals surface area contributed by atoms with Gasteiger partial charge in [0.05, 0.1) is 0 Å². The Morgan fingerprint density at radius 2 is 1.73 bits per heavy atom. The zero-order valence-corrected chi connectivity index (χ0v) is 21.8. The predicted octanol–water partition coefficient (Wildman–Crippen LogP) is 2.45. The Morgan fingerprint density at radius 1 is 1.07 bits per heavy atom. The fourth-order valence-electron chi connectivity index (χ4n) is 4.38. The number of nitrogens with one attached hydrogen (secondary N) is 2. The van der Waals surface area contributed by atoms with Crippen molar-refractivity contribution in [1.82, 2.24) is 24.8 Å². The van der Waals surface area contributed by atoms with Crippen molar-refractivity contribution in [3.8, 4) is 0 Å². The zero-order valence-electron chi connectivity index (χ0n) is 21.8. The highest BCUT2D eigenvalue weighted by atomic mass is 19.4. The Kier molecular flexibility index (Phi) is 8.87. The van der Waals surface area contributed by atoms with Crippen LogP contribution in [0.2, 0.25) is 0 Å². The minimum Gasteiger partial charge on any atom is -0.475 e. The highest BCUT2D eigenvalue weighted by Crippen LogP contribution is 2.22.